The van der Waals surface area contributed by atoms with Crippen molar-refractivity contribution in [2.24, 2.45) is 0 Å². The van der Waals surface area contributed by atoms with Gasteiger partial charge in [-0.25, -0.2) is 9.97 Å². The second kappa shape index (κ2) is 10.3. The monoisotopic (exact) mass is 430 g/mol. The van der Waals surface area contributed by atoms with Crippen molar-refractivity contribution in [3.63, 3.8) is 0 Å². The van der Waals surface area contributed by atoms with E-state index in [0.29, 0.717) is 25.6 Å². The predicted molar refractivity (Wildman–Crippen MR) is 124 cm³/mol. The van der Waals surface area contributed by atoms with Gasteiger partial charge in [-0.3, -0.25) is 9.48 Å². The highest BCUT2D eigenvalue weighted by Crippen LogP contribution is 2.27. The highest BCUT2D eigenvalue weighted by molar-refractivity contribution is 7.13. The first-order valence-electron chi connectivity index (χ1n) is 9.90. The molecule has 31 heavy (non-hydrogen) atoms. The molecule has 8 heteroatoms. The van der Waals surface area contributed by atoms with Crippen LogP contribution in [0.5, 0.6) is 0 Å². The van der Waals surface area contributed by atoms with Gasteiger partial charge in [0.2, 0.25) is 11.9 Å². The Morgan fingerprint density at radius 2 is 1.87 bits per heavy atom. The molecule has 0 spiro atoms. The van der Waals surface area contributed by atoms with Crippen LogP contribution in [0.15, 0.2) is 78.6 Å². The zero-order valence-electron chi connectivity index (χ0n) is 16.8. The Kier molecular flexibility index (Phi) is 6.81. The lowest BCUT2D eigenvalue weighted by Gasteiger charge is -2.04. The Hall–Kier alpha value is -3.78. The van der Waals surface area contributed by atoms with Gasteiger partial charge in [0, 0.05) is 43.3 Å². The molecule has 156 valence electrons. The first kappa shape index (κ1) is 20.5. The van der Waals surface area contributed by atoms with E-state index < -0.39 is 0 Å². The Balaban J connectivity index is 1.39. The van der Waals surface area contributed by atoms with Crippen molar-refractivity contribution in [3.8, 4) is 10.6 Å². The van der Waals surface area contributed by atoms with Gasteiger partial charge in [-0.1, -0.05) is 36.4 Å². The third-order valence-corrected chi connectivity index (χ3v) is 5.30. The van der Waals surface area contributed by atoms with Crippen LogP contribution in [0.2, 0.25) is 0 Å². The number of hydrogen-bond donors (Lipinski definition) is 2. The lowest BCUT2D eigenvalue weighted by atomic mass is 10.2. The molecule has 0 unspecified atom stereocenters. The molecule has 1 aromatic carbocycles. The van der Waals surface area contributed by atoms with Gasteiger partial charge in [-0.15, -0.1) is 11.3 Å². The number of nitrogens with one attached hydrogen (secondary N) is 2. The van der Waals surface area contributed by atoms with Crippen LogP contribution >= 0.6 is 11.3 Å². The molecule has 3 aromatic heterocycles. The summed E-state index contributed by atoms with van der Waals surface area (Å²) in [5.41, 5.74) is 2.95. The average molecular weight is 431 g/mol. The summed E-state index contributed by atoms with van der Waals surface area (Å²) < 4.78 is 1.91. The van der Waals surface area contributed by atoms with Crippen LogP contribution in [0.3, 0.4) is 0 Å². The van der Waals surface area contributed by atoms with Gasteiger partial charge in [-0.2, -0.15) is 5.10 Å². The van der Waals surface area contributed by atoms with E-state index in [2.05, 4.69) is 32.7 Å². The van der Waals surface area contributed by atoms with E-state index in [9.17, 15) is 4.79 Å². The summed E-state index contributed by atoms with van der Waals surface area (Å²) in [7, 11) is 0. The molecule has 0 aliphatic carbocycles. The second-order valence-electron chi connectivity index (χ2n) is 6.72. The van der Waals surface area contributed by atoms with Crippen molar-refractivity contribution < 1.29 is 4.79 Å². The van der Waals surface area contributed by atoms with E-state index >= 15 is 0 Å². The van der Waals surface area contributed by atoms with E-state index in [1.54, 1.807) is 35.9 Å². The van der Waals surface area contributed by atoms with Crippen molar-refractivity contribution in [2.75, 3.05) is 18.4 Å². The molecule has 0 bridgehead atoms. The lowest BCUT2D eigenvalue weighted by molar-refractivity contribution is -0.116. The van der Waals surface area contributed by atoms with E-state index in [4.69, 9.17) is 5.10 Å². The summed E-state index contributed by atoms with van der Waals surface area (Å²) in [6, 6.07) is 16.0. The molecule has 0 radical (unpaired) electrons. The summed E-state index contributed by atoms with van der Waals surface area (Å²) in [4.78, 5) is 21.5. The van der Waals surface area contributed by atoms with Crippen molar-refractivity contribution >= 4 is 29.3 Å². The van der Waals surface area contributed by atoms with Crippen molar-refractivity contribution in [1.29, 1.82) is 0 Å². The molecule has 4 aromatic rings. The average Bonchev–Trinajstić information content (AvgIpc) is 3.47. The molecule has 0 saturated carbocycles. The molecule has 3 heterocycles. The molecule has 4 rings (SSSR count). The van der Waals surface area contributed by atoms with Gasteiger partial charge in [0.15, 0.2) is 0 Å². The number of thiophene rings is 1. The van der Waals surface area contributed by atoms with Crippen LogP contribution in [-0.4, -0.2) is 38.7 Å². The number of benzene rings is 1. The molecule has 0 aliphatic rings. The topological polar surface area (TPSA) is 84.7 Å². The van der Waals surface area contributed by atoms with Gasteiger partial charge < -0.3 is 10.6 Å². The number of anilines is 1. The highest BCUT2D eigenvalue weighted by atomic mass is 32.1. The Morgan fingerprint density at radius 1 is 1.03 bits per heavy atom. The third kappa shape index (κ3) is 5.86. The van der Waals surface area contributed by atoms with Gasteiger partial charge in [0.05, 0.1) is 11.4 Å². The summed E-state index contributed by atoms with van der Waals surface area (Å²) in [5.74, 6) is 0.377. The maximum Gasteiger partial charge on any atom is 0.244 e. The molecule has 0 saturated heterocycles. The van der Waals surface area contributed by atoms with Crippen LogP contribution in [0, 0.1) is 0 Å². The quantitative estimate of drug-likeness (QED) is 0.312. The number of carbonyl (C=O) groups is 1. The third-order valence-electron chi connectivity index (χ3n) is 4.42. The van der Waals surface area contributed by atoms with Crippen LogP contribution in [0.1, 0.15) is 11.1 Å². The number of carbonyl (C=O) groups excluding carboxylic acids is 1. The largest absolute Gasteiger partial charge is 0.352 e. The van der Waals surface area contributed by atoms with Crippen molar-refractivity contribution in [1.82, 2.24) is 25.1 Å². The minimum atomic E-state index is -0.163. The Labute approximate surface area is 184 Å². The molecule has 1 amide bonds. The van der Waals surface area contributed by atoms with E-state index in [-0.39, 0.29) is 5.91 Å². The zero-order chi connectivity index (χ0) is 21.3. The van der Waals surface area contributed by atoms with E-state index in [0.717, 1.165) is 16.1 Å². The number of amides is 1. The van der Waals surface area contributed by atoms with Gasteiger partial charge in [0.25, 0.3) is 0 Å². The molecule has 0 atom stereocenters. The van der Waals surface area contributed by atoms with Crippen LogP contribution < -0.4 is 10.6 Å². The van der Waals surface area contributed by atoms with E-state index in [1.807, 2.05) is 52.7 Å². The molecular formula is C23H22N6OS. The number of rotatable bonds is 9. The predicted octanol–water partition coefficient (Wildman–Crippen LogP) is 3.69. The maximum atomic E-state index is 12.2. The normalized spacial score (nSPS) is 11.0. The second-order valence-corrected chi connectivity index (χ2v) is 7.66. The SMILES string of the molecule is O=C(/C=C/c1cn(Cc2ccccc2)nc1-c1cccs1)NCCNc1ncccn1. The van der Waals surface area contributed by atoms with Crippen LogP contribution in [0.4, 0.5) is 5.95 Å². The van der Waals surface area contributed by atoms with Gasteiger partial charge in [-0.05, 0) is 29.2 Å². The minimum absolute atomic E-state index is 0.163. The lowest BCUT2D eigenvalue weighted by Crippen LogP contribution is -2.27. The van der Waals surface area contributed by atoms with Gasteiger partial charge >= 0.3 is 0 Å². The Morgan fingerprint density at radius 3 is 2.65 bits per heavy atom. The minimum Gasteiger partial charge on any atom is -0.352 e. The highest BCUT2D eigenvalue weighted by Gasteiger charge is 2.11. The molecular weight excluding hydrogens is 408 g/mol. The maximum absolute atomic E-state index is 12.2. The summed E-state index contributed by atoms with van der Waals surface area (Å²) in [5, 5.41) is 12.7. The smallest absolute Gasteiger partial charge is 0.244 e. The number of aromatic nitrogens is 4. The summed E-state index contributed by atoms with van der Waals surface area (Å²) in [6.07, 6.45) is 8.66. The summed E-state index contributed by atoms with van der Waals surface area (Å²) >= 11 is 1.63. The molecule has 0 fully saturated rings. The van der Waals surface area contributed by atoms with Crippen LogP contribution in [0.25, 0.3) is 16.6 Å². The molecule has 2 N–H and O–H groups in total. The van der Waals surface area contributed by atoms with Crippen molar-refractivity contribution in [2.45, 2.75) is 6.54 Å². The van der Waals surface area contributed by atoms with Crippen molar-refractivity contribution in [3.05, 3.63) is 89.7 Å². The molecule has 0 aliphatic heterocycles. The van der Waals surface area contributed by atoms with E-state index in [1.165, 1.54) is 5.56 Å². The standard InChI is InChI=1S/C23H22N6OS/c30-21(24-13-14-27-23-25-11-5-12-26-23)10-9-19-17-29(16-18-6-2-1-3-7-18)28-22(19)20-8-4-15-31-20/h1-12,15,17H,13-14,16H2,(H,24,30)(H,25,26,27)/b10-9+. The fourth-order valence-electron chi connectivity index (χ4n) is 2.99. The zero-order valence-corrected chi connectivity index (χ0v) is 17.6. The molecule has 7 nitrogen and oxygen atoms in total. The van der Waals surface area contributed by atoms with Crippen LogP contribution in [-0.2, 0) is 11.3 Å². The Bertz CT molecular complexity index is 1120. The number of nitrogens with zero attached hydrogens (tertiary/aromatic N) is 4. The summed E-state index contributed by atoms with van der Waals surface area (Å²) in [6.45, 7) is 1.68. The van der Waals surface area contributed by atoms with Gasteiger partial charge in [0.1, 0.15) is 5.69 Å². The first-order valence-corrected chi connectivity index (χ1v) is 10.8. The fraction of sp³-hybridized carbons (Fsp3) is 0.130. The fourth-order valence-corrected chi connectivity index (χ4v) is 3.72. The first-order chi connectivity index (χ1) is 15.3. The number of hydrogen-bond acceptors (Lipinski definition) is 6.